The molecule has 0 aliphatic carbocycles. The van der Waals surface area contributed by atoms with Gasteiger partial charge in [0, 0.05) is 5.56 Å². The second-order valence-corrected chi connectivity index (χ2v) is 3.61. The minimum absolute atomic E-state index is 0.598. The fourth-order valence-electron chi connectivity index (χ4n) is 1.48. The van der Waals surface area contributed by atoms with Gasteiger partial charge in [-0.15, -0.1) is 0 Å². The zero-order valence-corrected chi connectivity index (χ0v) is 9.58. The molecule has 0 heterocycles. The molecule has 0 amide bonds. The lowest BCUT2D eigenvalue weighted by Crippen LogP contribution is -2.18. The van der Waals surface area contributed by atoms with Gasteiger partial charge in [0.05, 0.1) is 5.97 Å². The van der Waals surface area contributed by atoms with Crippen molar-refractivity contribution < 1.29 is 14.6 Å². The number of rotatable bonds is 4. The topological polar surface area (TPSA) is 49.4 Å². The Balaban J connectivity index is 2.25. The number of benzene rings is 2. The van der Waals surface area contributed by atoms with Crippen LogP contribution in [0, 0.1) is 0 Å². The number of hydrogen-bond acceptors (Lipinski definition) is 3. The summed E-state index contributed by atoms with van der Waals surface area (Å²) in [5, 5.41) is 10.4. The van der Waals surface area contributed by atoms with E-state index in [1.165, 1.54) is 6.08 Å². The van der Waals surface area contributed by atoms with Crippen LogP contribution in [0.25, 0.3) is 6.08 Å². The smallest absolute Gasteiger partial charge is 0.134 e. The summed E-state index contributed by atoms with van der Waals surface area (Å²) >= 11 is 0. The van der Waals surface area contributed by atoms with Crippen LogP contribution >= 0.6 is 0 Å². The van der Waals surface area contributed by atoms with Gasteiger partial charge in [-0.1, -0.05) is 36.4 Å². The molecule has 0 atom stereocenters. The van der Waals surface area contributed by atoms with Gasteiger partial charge in [0.2, 0.25) is 0 Å². The van der Waals surface area contributed by atoms with Gasteiger partial charge in [-0.25, -0.2) is 0 Å². The lowest BCUT2D eigenvalue weighted by atomic mass is 10.2. The average Bonchev–Trinajstić information content (AvgIpc) is 2.39. The Bertz CT molecular complexity index is 559. The summed E-state index contributed by atoms with van der Waals surface area (Å²) in [5.41, 5.74) is 0.686. The van der Waals surface area contributed by atoms with E-state index in [1.807, 2.05) is 42.5 Å². The molecule has 18 heavy (non-hydrogen) atoms. The molecule has 2 rings (SSSR count). The summed E-state index contributed by atoms with van der Waals surface area (Å²) in [6.45, 7) is 0. The van der Waals surface area contributed by atoms with Crippen LogP contribution in [0.4, 0.5) is 0 Å². The number of hydrogen-bond donors (Lipinski definition) is 0. The molecule has 0 saturated carbocycles. The molecule has 0 spiro atoms. The minimum atomic E-state index is -1.23. The number of aliphatic carboxylic acids is 1. The number of carboxylic acid groups (broad SMARTS) is 1. The van der Waals surface area contributed by atoms with Gasteiger partial charge in [0.15, 0.2) is 0 Å². The third-order valence-corrected chi connectivity index (χ3v) is 2.29. The van der Waals surface area contributed by atoms with Gasteiger partial charge in [0.1, 0.15) is 11.5 Å². The molecule has 0 bridgehead atoms. The van der Waals surface area contributed by atoms with E-state index in [0.717, 1.165) is 6.08 Å². The highest BCUT2D eigenvalue weighted by atomic mass is 16.5. The maximum atomic E-state index is 10.4. The van der Waals surface area contributed by atoms with Crippen molar-refractivity contribution in [1.29, 1.82) is 0 Å². The molecule has 3 heteroatoms. The zero-order chi connectivity index (χ0) is 12.8. The normalized spacial score (nSPS) is 10.4. The third kappa shape index (κ3) is 3.22. The van der Waals surface area contributed by atoms with E-state index in [4.69, 9.17) is 4.74 Å². The molecule has 0 N–H and O–H groups in total. The van der Waals surface area contributed by atoms with Crippen molar-refractivity contribution in [2.24, 2.45) is 0 Å². The number of ether oxygens (including phenoxy) is 1. The van der Waals surface area contributed by atoms with Crippen LogP contribution in [0.2, 0.25) is 0 Å². The molecule has 0 aromatic heterocycles. The second kappa shape index (κ2) is 5.68. The van der Waals surface area contributed by atoms with Gasteiger partial charge >= 0.3 is 0 Å². The van der Waals surface area contributed by atoms with E-state index in [0.29, 0.717) is 17.1 Å². The van der Waals surface area contributed by atoms with E-state index in [2.05, 4.69) is 0 Å². The molecule has 0 saturated heterocycles. The first-order valence-corrected chi connectivity index (χ1v) is 5.47. The predicted molar refractivity (Wildman–Crippen MR) is 67.0 cm³/mol. The highest BCUT2D eigenvalue weighted by Gasteiger charge is 2.00. The lowest BCUT2D eigenvalue weighted by Gasteiger charge is -2.08. The van der Waals surface area contributed by atoms with E-state index in [1.54, 1.807) is 12.1 Å². The van der Waals surface area contributed by atoms with Crippen LogP contribution in [0.1, 0.15) is 5.56 Å². The van der Waals surface area contributed by atoms with Crippen molar-refractivity contribution in [3.8, 4) is 11.5 Å². The molecule has 90 valence electrons. The third-order valence-electron chi connectivity index (χ3n) is 2.29. The fourth-order valence-corrected chi connectivity index (χ4v) is 1.48. The quantitative estimate of drug-likeness (QED) is 0.769. The minimum Gasteiger partial charge on any atom is -0.545 e. The Kier molecular flexibility index (Phi) is 3.76. The first-order chi connectivity index (χ1) is 8.75. The fraction of sp³-hybridized carbons (Fsp3) is 0. The van der Waals surface area contributed by atoms with Gasteiger partial charge < -0.3 is 14.6 Å². The molecular weight excluding hydrogens is 228 g/mol. The number of carboxylic acids is 1. The van der Waals surface area contributed by atoms with Crippen LogP contribution in [0.5, 0.6) is 11.5 Å². The Labute approximate surface area is 105 Å². The second-order valence-electron chi connectivity index (χ2n) is 3.61. The molecule has 2 aromatic rings. The van der Waals surface area contributed by atoms with Crippen molar-refractivity contribution in [2.75, 3.05) is 0 Å². The van der Waals surface area contributed by atoms with Crippen LogP contribution in [-0.4, -0.2) is 5.97 Å². The Morgan fingerprint density at radius 1 is 1.00 bits per heavy atom. The summed E-state index contributed by atoms with van der Waals surface area (Å²) in [6, 6.07) is 16.5. The van der Waals surface area contributed by atoms with Gasteiger partial charge in [-0.05, 0) is 30.4 Å². The van der Waals surface area contributed by atoms with E-state index >= 15 is 0 Å². The zero-order valence-electron chi connectivity index (χ0n) is 9.58. The van der Waals surface area contributed by atoms with Crippen molar-refractivity contribution in [2.45, 2.75) is 0 Å². The molecule has 2 aromatic carbocycles. The largest absolute Gasteiger partial charge is 0.545 e. The lowest BCUT2D eigenvalue weighted by molar-refractivity contribution is -0.297. The summed E-state index contributed by atoms with van der Waals surface area (Å²) in [5.74, 6) is 0.0671. The molecule has 0 fully saturated rings. The molecule has 0 aliphatic heterocycles. The Morgan fingerprint density at radius 3 is 2.39 bits per heavy atom. The number of carbonyl (C=O) groups excluding carboxylic acids is 1. The van der Waals surface area contributed by atoms with Gasteiger partial charge in [0.25, 0.3) is 0 Å². The summed E-state index contributed by atoms with van der Waals surface area (Å²) < 4.78 is 5.68. The molecule has 0 radical (unpaired) electrons. The van der Waals surface area contributed by atoms with Crippen molar-refractivity contribution in [3.63, 3.8) is 0 Å². The van der Waals surface area contributed by atoms with Crippen molar-refractivity contribution in [1.82, 2.24) is 0 Å². The first kappa shape index (κ1) is 11.9. The Hall–Kier alpha value is -2.55. The summed E-state index contributed by atoms with van der Waals surface area (Å²) in [6.07, 6.45) is 2.43. The SMILES string of the molecule is O=C([O-])/C=C/c1ccccc1Oc1ccccc1. The molecule has 3 nitrogen and oxygen atoms in total. The Morgan fingerprint density at radius 2 is 1.67 bits per heavy atom. The standard InChI is InChI=1S/C15H12O3/c16-15(17)11-10-12-6-4-5-9-14(12)18-13-7-2-1-3-8-13/h1-11H,(H,16,17)/p-1/b11-10+. The highest BCUT2D eigenvalue weighted by molar-refractivity contribution is 5.84. The van der Waals surface area contributed by atoms with Crippen LogP contribution in [0.15, 0.2) is 60.7 Å². The van der Waals surface area contributed by atoms with Crippen LogP contribution in [0.3, 0.4) is 0 Å². The van der Waals surface area contributed by atoms with Crippen LogP contribution < -0.4 is 9.84 Å². The molecule has 0 aliphatic rings. The van der Waals surface area contributed by atoms with Gasteiger partial charge in [-0.2, -0.15) is 0 Å². The maximum absolute atomic E-state index is 10.4. The van der Waals surface area contributed by atoms with Crippen molar-refractivity contribution in [3.05, 3.63) is 66.2 Å². The van der Waals surface area contributed by atoms with E-state index < -0.39 is 5.97 Å². The van der Waals surface area contributed by atoms with E-state index in [-0.39, 0.29) is 0 Å². The summed E-state index contributed by atoms with van der Waals surface area (Å²) in [7, 11) is 0. The average molecular weight is 239 g/mol. The number of carbonyl (C=O) groups is 1. The maximum Gasteiger partial charge on any atom is 0.134 e. The molecular formula is C15H11O3-. The van der Waals surface area contributed by atoms with E-state index in [9.17, 15) is 9.90 Å². The monoisotopic (exact) mass is 239 g/mol. The molecule has 0 unspecified atom stereocenters. The van der Waals surface area contributed by atoms with Gasteiger partial charge in [-0.3, -0.25) is 0 Å². The van der Waals surface area contributed by atoms with Crippen LogP contribution in [-0.2, 0) is 4.79 Å². The summed E-state index contributed by atoms with van der Waals surface area (Å²) in [4.78, 5) is 10.4. The first-order valence-electron chi connectivity index (χ1n) is 5.47. The predicted octanol–water partition coefficient (Wildman–Crippen LogP) is 2.24. The van der Waals surface area contributed by atoms with Crippen molar-refractivity contribution >= 4 is 12.0 Å². The number of para-hydroxylation sites is 2. The highest BCUT2D eigenvalue weighted by Crippen LogP contribution is 2.25.